The van der Waals surface area contributed by atoms with Crippen LogP contribution in [0.15, 0.2) is 22.8 Å². The number of carbonyl (C=O) groups excluding carboxylic acids is 1. The molecule has 0 aromatic carbocycles. The van der Waals surface area contributed by atoms with Crippen LogP contribution in [0.25, 0.3) is 0 Å². The van der Waals surface area contributed by atoms with E-state index in [0.717, 1.165) is 25.9 Å². The van der Waals surface area contributed by atoms with Gasteiger partial charge in [-0.15, -0.1) is 0 Å². The van der Waals surface area contributed by atoms with E-state index in [1.54, 1.807) is 12.1 Å². The number of hydrogen-bond donors (Lipinski definition) is 1. The summed E-state index contributed by atoms with van der Waals surface area (Å²) in [6.07, 6.45) is 3.43. The molecule has 0 bridgehead atoms. The largest absolute Gasteiger partial charge is 0.457 e. The van der Waals surface area contributed by atoms with Gasteiger partial charge in [-0.05, 0) is 12.1 Å². The van der Waals surface area contributed by atoms with E-state index in [9.17, 15) is 4.79 Å². The lowest BCUT2D eigenvalue weighted by Crippen LogP contribution is -3.10. The van der Waals surface area contributed by atoms with Gasteiger partial charge in [0.2, 0.25) is 5.76 Å². The maximum atomic E-state index is 11.5. The van der Waals surface area contributed by atoms with Crippen LogP contribution in [-0.4, -0.2) is 32.2 Å². The van der Waals surface area contributed by atoms with E-state index in [0.29, 0.717) is 5.76 Å². The van der Waals surface area contributed by atoms with Gasteiger partial charge in [-0.3, -0.25) is 0 Å². The predicted molar refractivity (Wildman–Crippen MR) is 53.8 cm³/mol. The van der Waals surface area contributed by atoms with E-state index >= 15 is 0 Å². The number of furan rings is 1. The third-order valence-electron chi connectivity index (χ3n) is 2.78. The molecule has 2 rings (SSSR count). The predicted octanol–water partition coefficient (Wildman–Crippen LogP) is 0.114. The lowest BCUT2D eigenvalue weighted by atomic mass is 10.1. The van der Waals surface area contributed by atoms with E-state index in [1.165, 1.54) is 11.2 Å². The Bertz CT molecular complexity index is 313. The maximum absolute atomic E-state index is 11.5. The number of piperidine rings is 1. The second-order valence-electron chi connectivity index (χ2n) is 4.04. The Kier molecular flexibility index (Phi) is 3.06. The second kappa shape index (κ2) is 4.49. The maximum Gasteiger partial charge on any atom is 0.374 e. The molecule has 0 amide bonds. The fourth-order valence-electron chi connectivity index (χ4n) is 1.81. The number of quaternary nitrogens is 1. The molecular weight excluding hydrogens is 194 g/mol. The Balaban J connectivity index is 1.85. The summed E-state index contributed by atoms with van der Waals surface area (Å²) in [7, 11) is 2.16. The van der Waals surface area contributed by atoms with Crippen molar-refractivity contribution in [3.63, 3.8) is 0 Å². The van der Waals surface area contributed by atoms with E-state index in [1.807, 2.05) is 0 Å². The zero-order valence-electron chi connectivity index (χ0n) is 8.86. The minimum absolute atomic E-state index is 0.0614. The van der Waals surface area contributed by atoms with Crippen molar-refractivity contribution < 1.29 is 18.8 Å². The van der Waals surface area contributed by atoms with Gasteiger partial charge in [-0.2, -0.15) is 0 Å². The molecule has 0 unspecified atom stereocenters. The molecule has 4 nitrogen and oxygen atoms in total. The quantitative estimate of drug-likeness (QED) is 0.705. The fourth-order valence-corrected chi connectivity index (χ4v) is 1.81. The highest BCUT2D eigenvalue weighted by Crippen LogP contribution is 2.10. The summed E-state index contributed by atoms with van der Waals surface area (Å²) in [6.45, 7) is 2.13. The summed E-state index contributed by atoms with van der Waals surface area (Å²) >= 11 is 0. The number of nitrogens with one attached hydrogen (secondary N) is 1. The molecule has 1 aromatic rings. The Hall–Kier alpha value is -1.29. The summed E-state index contributed by atoms with van der Waals surface area (Å²) in [5.41, 5.74) is 0. The second-order valence-corrected chi connectivity index (χ2v) is 4.04. The molecule has 1 aromatic heterocycles. The molecule has 0 radical (unpaired) electrons. The van der Waals surface area contributed by atoms with Gasteiger partial charge in [-0.1, -0.05) is 0 Å². The van der Waals surface area contributed by atoms with Crippen molar-refractivity contribution >= 4 is 5.97 Å². The van der Waals surface area contributed by atoms with Crippen LogP contribution < -0.4 is 4.90 Å². The molecule has 0 saturated carbocycles. The van der Waals surface area contributed by atoms with Gasteiger partial charge in [0.05, 0.1) is 26.4 Å². The monoisotopic (exact) mass is 210 g/mol. The molecule has 0 spiro atoms. The van der Waals surface area contributed by atoms with Gasteiger partial charge in [-0.25, -0.2) is 4.79 Å². The lowest BCUT2D eigenvalue weighted by molar-refractivity contribution is -0.885. The Morgan fingerprint density at radius 3 is 2.87 bits per heavy atom. The first-order chi connectivity index (χ1) is 7.25. The van der Waals surface area contributed by atoms with Crippen molar-refractivity contribution in [3.05, 3.63) is 24.2 Å². The van der Waals surface area contributed by atoms with E-state index < -0.39 is 0 Å². The molecule has 0 aliphatic carbocycles. The third kappa shape index (κ3) is 2.59. The normalized spacial score (nSPS) is 26.2. The molecule has 2 heterocycles. The van der Waals surface area contributed by atoms with Crippen LogP contribution in [0.4, 0.5) is 0 Å². The molecule has 82 valence electrons. The number of rotatable bonds is 2. The van der Waals surface area contributed by atoms with Gasteiger partial charge >= 0.3 is 5.97 Å². The molecule has 1 N–H and O–H groups in total. The van der Waals surface area contributed by atoms with Crippen LogP contribution >= 0.6 is 0 Å². The molecule has 1 aliphatic rings. The standard InChI is InChI=1S/C11H15NO3/c1-12-6-4-9(5-7-12)15-11(13)10-3-2-8-14-10/h2-3,8-9H,4-7H2,1H3/p+1. The SMILES string of the molecule is C[NH+]1CCC(OC(=O)c2ccco2)CC1. The van der Waals surface area contributed by atoms with Crippen LogP contribution in [0, 0.1) is 0 Å². The average Bonchev–Trinajstić information content (AvgIpc) is 2.74. The molecule has 1 aliphatic heterocycles. The van der Waals surface area contributed by atoms with Crippen molar-refractivity contribution in [1.82, 2.24) is 0 Å². The van der Waals surface area contributed by atoms with Gasteiger partial charge in [0, 0.05) is 12.8 Å². The van der Waals surface area contributed by atoms with Gasteiger partial charge in [0.25, 0.3) is 0 Å². The number of hydrogen-bond acceptors (Lipinski definition) is 3. The molecule has 15 heavy (non-hydrogen) atoms. The highest BCUT2D eigenvalue weighted by atomic mass is 16.6. The molecule has 0 atom stereocenters. The third-order valence-corrected chi connectivity index (χ3v) is 2.78. The van der Waals surface area contributed by atoms with Crippen molar-refractivity contribution in [1.29, 1.82) is 0 Å². The summed E-state index contributed by atoms with van der Waals surface area (Å²) in [5, 5.41) is 0. The van der Waals surface area contributed by atoms with Crippen LogP contribution in [0.3, 0.4) is 0 Å². The summed E-state index contributed by atoms with van der Waals surface area (Å²) < 4.78 is 10.3. The van der Waals surface area contributed by atoms with E-state index in [4.69, 9.17) is 9.15 Å². The van der Waals surface area contributed by atoms with Gasteiger partial charge in [0.15, 0.2) is 0 Å². The first kappa shape index (κ1) is 10.2. The Morgan fingerprint density at radius 1 is 1.53 bits per heavy atom. The molecular formula is C11H16NO3+. The average molecular weight is 210 g/mol. The summed E-state index contributed by atoms with van der Waals surface area (Å²) in [6, 6.07) is 3.32. The lowest BCUT2D eigenvalue weighted by Gasteiger charge is -2.25. The molecule has 4 heteroatoms. The van der Waals surface area contributed by atoms with Gasteiger partial charge < -0.3 is 14.1 Å². The molecule has 1 fully saturated rings. The minimum atomic E-state index is -0.343. The van der Waals surface area contributed by atoms with E-state index in [-0.39, 0.29) is 12.1 Å². The van der Waals surface area contributed by atoms with Gasteiger partial charge in [0.1, 0.15) is 6.10 Å². The topological polar surface area (TPSA) is 43.9 Å². The first-order valence-electron chi connectivity index (χ1n) is 5.31. The highest BCUT2D eigenvalue weighted by molar-refractivity contribution is 5.86. The van der Waals surface area contributed by atoms with Crippen molar-refractivity contribution in [2.24, 2.45) is 0 Å². The Labute approximate surface area is 88.8 Å². The van der Waals surface area contributed by atoms with Crippen LogP contribution in [0.2, 0.25) is 0 Å². The minimum Gasteiger partial charge on any atom is -0.457 e. The number of likely N-dealkylation sites (tertiary alicyclic amines) is 1. The van der Waals surface area contributed by atoms with Crippen molar-refractivity contribution in [3.8, 4) is 0 Å². The van der Waals surface area contributed by atoms with Crippen molar-refractivity contribution in [2.45, 2.75) is 18.9 Å². The smallest absolute Gasteiger partial charge is 0.374 e. The zero-order chi connectivity index (χ0) is 10.7. The van der Waals surface area contributed by atoms with Crippen LogP contribution in [0.5, 0.6) is 0 Å². The summed E-state index contributed by atoms with van der Waals surface area (Å²) in [5.74, 6) is -0.0502. The zero-order valence-corrected chi connectivity index (χ0v) is 8.86. The van der Waals surface area contributed by atoms with Crippen LogP contribution in [-0.2, 0) is 4.74 Å². The first-order valence-corrected chi connectivity index (χ1v) is 5.31. The summed E-state index contributed by atoms with van der Waals surface area (Å²) in [4.78, 5) is 13.0. The van der Waals surface area contributed by atoms with E-state index in [2.05, 4.69) is 7.05 Å². The fraction of sp³-hybridized carbons (Fsp3) is 0.545. The van der Waals surface area contributed by atoms with Crippen LogP contribution in [0.1, 0.15) is 23.4 Å². The molecule has 1 saturated heterocycles. The number of ether oxygens (including phenoxy) is 1. The number of esters is 1. The van der Waals surface area contributed by atoms with Crippen molar-refractivity contribution in [2.75, 3.05) is 20.1 Å². The number of carbonyl (C=O) groups is 1. The highest BCUT2D eigenvalue weighted by Gasteiger charge is 2.23. The Morgan fingerprint density at radius 2 is 2.27 bits per heavy atom.